The topological polar surface area (TPSA) is 25.8 Å². The molecule has 0 spiro atoms. The standard InChI is InChI=1S/C9H4F4N2S2/c10-4-2-1-3-5(11)6(4)7-14-15-9(16-7)17-8(12)13/h1-3,8H. The molecule has 2 aromatic rings. The number of aromatic nitrogens is 2. The molecule has 0 aliphatic rings. The molecule has 2 nitrogen and oxygen atoms in total. The highest BCUT2D eigenvalue weighted by Gasteiger charge is 2.17. The van der Waals surface area contributed by atoms with Crippen LogP contribution in [0.1, 0.15) is 0 Å². The van der Waals surface area contributed by atoms with Crippen molar-refractivity contribution >= 4 is 23.1 Å². The van der Waals surface area contributed by atoms with Crippen molar-refractivity contribution in [3.63, 3.8) is 0 Å². The number of alkyl halides is 2. The number of thioether (sulfide) groups is 1. The van der Waals surface area contributed by atoms with Crippen molar-refractivity contribution in [3.8, 4) is 10.6 Å². The number of halogens is 4. The van der Waals surface area contributed by atoms with Gasteiger partial charge in [0.05, 0.1) is 5.56 Å². The first-order valence-corrected chi connectivity index (χ1v) is 6.00. The molecule has 0 bridgehead atoms. The molecule has 0 fully saturated rings. The zero-order valence-corrected chi connectivity index (χ0v) is 9.67. The van der Waals surface area contributed by atoms with Crippen molar-refractivity contribution in [2.24, 2.45) is 0 Å². The average Bonchev–Trinajstić information content (AvgIpc) is 2.65. The van der Waals surface area contributed by atoms with Gasteiger partial charge < -0.3 is 0 Å². The molecular weight excluding hydrogens is 276 g/mol. The quantitative estimate of drug-likeness (QED) is 0.632. The molecule has 90 valence electrons. The van der Waals surface area contributed by atoms with Gasteiger partial charge in [-0.3, -0.25) is 0 Å². The van der Waals surface area contributed by atoms with Crippen LogP contribution in [0.2, 0.25) is 0 Å². The summed E-state index contributed by atoms with van der Waals surface area (Å²) in [5, 5.41) is 6.88. The summed E-state index contributed by atoms with van der Waals surface area (Å²) in [6.07, 6.45) is 0. The van der Waals surface area contributed by atoms with Crippen LogP contribution >= 0.6 is 23.1 Å². The maximum absolute atomic E-state index is 13.4. The van der Waals surface area contributed by atoms with E-state index in [2.05, 4.69) is 10.2 Å². The molecule has 1 aromatic heterocycles. The van der Waals surface area contributed by atoms with E-state index < -0.39 is 17.4 Å². The van der Waals surface area contributed by atoms with Crippen LogP contribution in [0.15, 0.2) is 22.5 Å². The maximum atomic E-state index is 13.4. The molecular formula is C9H4F4N2S2. The van der Waals surface area contributed by atoms with Crippen LogP contribution in [-0.4, -0.2) is 16.0 Å². The molecule has 0 saturated heterocycles. The second kappa shape index (κ2) is 5.01. The highest BCUT2D eigenvalue weighted by atomic mass is 32.2. The Morgan fingerprint density at radius 2 is 1.76 bits per heavy atom. The normalized spacial score (nSPS) is 11.1. The fraction of sp³-hybridized carbons (Fsp3) is 0.111. The van der Waals surface area contributed by atoms with Gasteiger partial charge in [-0.2, -0.15) is 8.78 Å². The lowest BCUT2D eigenvalue weighted by atomic mass is 10.2. The van der Waals surface area contributed by atoms with Gasteiger partial charge in [-0.15, -0.1) is 10.2 Å². The van der Waals surface area contributed by atoms with Crippen molar-refractivity contribution in [2.75, 3.05) is 0 Å². The van der Waals surface area contributed by atoms with Gasteiger partial charge >= 0.3 is 0 Å². The number of hydrogen-bond donors (Lipinski definition) is 0. The van der Waals surface area contributed by atoms with Crippen LogP contribution < -0.4 is 0 Å². The Bertz CT molecular complexity index is 509. The van der Waals surface area contributed by atoms with Crippen LogP contribution in [0.3, 0.4) is 0 Å². The molecule has 0 radical (unpaired) electrons. The summed E-state index contributed by atoms with van der Waals surface area (Å²) >= 11 is 0.916. The van der Waals surface area contributed by atoms with Crippen molar-refractivity contribution in [1.29, 1.82) is 0 Å². The van der Waals surface area contributed by atoms with Gasteiger partial charge in [0.1, 0.15) is 11.6 Å². The summed E-state index contributed by atoms with van der Waals surface area (Å²) in [4.78, 5) is 0. The second-order valence-electron chi connectivity index (χ2n) is 2.85. The number of benzene rings is 1. The minimum Gasteiger partial charge on any atom is -0.206 e. The number of hydrogen-bond acceptors (Lipinski definition) is 4. The summed E-state index contributed by atoms with van der Waals surface area (Å²) in [5.41, 5.74) is -0.342. The Morgan fingerprint density at radius 3 is 2.35 bits per heavy atom. The molecule has 0 saturated carbocycles. The van der Waals surface area contributed by atoms with E-state index in [0.29, 0.717) is 0 Å². The summed E-state index contributed by atoms with van der Waals surface area (Å²) in [6.45, 7) is 0. The van der Waals surface area contributed by atoms with E-state index in [1.165, 1.54) is 6.07 Å². The molecule has 2 rings (SSSR count). The smallest absolute Gasteiger partial charge is 0.206 e. The predicted molar refractivity (Wildman–Crippen MR) is 57.1 cm³/mol. The summed E-state index contributed by atoms with van der Waals surface area (Å²) in [7, 11) is 0. The van der Waals surface area contributed by atoms with Gasteiger partial charge in [-0.05, 0) is 23.9 Å². The third-order valence-corrected chi connectivity index (χ3v) is 3.51. The molecule has 0 unspecified atom stereocenters. The van der Waals surface area contributed by atoms with Gasteiger partial charge in [0, 0.05) is 0 Å². The fourth-order valence-electron chi connectivity index (χ4n) is 1.14. The summed E-state index contributed by atoms with van der Waals surface area (Å²) in [5.74, 6) is -4.23. The first-order valence-electron chi connectivity index (χ1n) is 4.30. The van der Waals surface area contributed by atoms with Crippen LogP contribution in [0.25, 0.3) is 10.6 Å². The van der Waals surface area contributed by atoms with Gasteiger partial charge in [-0.25, -0.2) is 8.78 Å². The van der Waals surface area contributed by atoms with Crippen molar-refractivity contribution in [3.05, 3.63) is 29.8 Å². The Labute approximate surface area is 102 Å². The largest absolute Gasteiger partial charge is 0.291 e. The van der Waals surface area contributed by atoms with Crippen molar-refractivity contribution < 1.29 is 17.6 Å². The maximum Gasteiger partial charge on any atom is 0.291 e. The Kier molecular flexibility index (Phi) is 3.63. The third-order valence-electron chi connectivity index (χ3n) is 1.77. The molecule has 0 N–H and O–H groups in total. The first kappa shape index (κ1) is 12.3. The first-order chi connectivity index (χ1) is 8.08. The molecule has 17 heavy (non-hydrogen) atoms. The summed E-state index contributed by atoms with van der Waals surface area (Å²) in [6, 6.07) is 3.35. The van der Waals surface area contributed by atoms with E-state index in [9.17, 15) is 17.6 Å². The number of rotatable bonds is 3. The summed E-state index contributed by atoms with van der Waals surface area (Å²) < 4.78 is 50.8. The van der Waals surface area contributed by atoms with Gasteiger partial charge in [0.15, 0.2) is 9.35 Å². The third kappa shape index (κ3) is 2.75. The Morgan fingerprint density at radius 1 is 1.12 bits per heavy atom. The average molecular weight is 280 g/mol. The van der Waals surface area contributed by atoms with Crippen LogP contribution in [0.4, 0.5) is 17.6 Å². The van der Waals surface area contributed by atoms with E-state index in [-0.39, 0.29) is 26.7 Å². The lowest BCUT2D eigenvalue weighted by Crippen LogP contribution is -1.88. The van der Waals surface area contributed by atoms with Gasteiger partial charge in [0.25, 0.3) is 5.76 Å². The van der Waals surface area contributed by atoms with Crippen molar-refractivity contribution in [2.45, 2.75) is 10.1 Å². The van der Waals surface area contributed by atoms with Crippen LogP contribution in [0, 0.1) is 11.6 Å². The van der Waals surface area contributed by atoms with E-state index in [0.717, 1.165) is 23.5 Å². The lowest BCUT2D eigenvalue weighted by molar-refractivity contribution is 0.252. The van der Waals surface area contributed by atoms with Crippen LogP contribution in [-0.2, 0) is 0 Å². The predicted octanol–water partition coefficient (Wildman–Crippen LogP) is 3.80. The minimum absolute atomic E-state index is 0.0300. The van der Waals surface area contributed by atoms with Crippen LogP contribution in [0.5, 0.6) is 0 Å². The Balaban J connectivity index is 2.37. The molecule has 1 aromatic carbocycles. The highest BCUT2D eigenvalue weighted by Crippen LogP contribution is 2.34. The van der Waals surface area contributed by atoms with Gasteiger partial charge in [0.2, 0.25) is 0 Å². The van der Waals surface area contributed by atoms with E-state index >= 15 is 0 Å². The minimum atomic E-state index is -2.64. The second-order valence-corrected chi connectivity index (χ2v) is 5.06. The molecule has 1 heterocycles. The fourth-order valence-corrected chi connectivity index (χ4v) is 2.65. The number of nitrogens with zero attached hydrogens (tertiary/aromatic N) is 2. The zero-order valence-electron chi connectivity index (χ0n) is 8.03. The Hall–Kier alpha value is -1.15. The van der Waals surface area contributed by atoms with Gasteiger partial charge in [-0.1, -0.05) is 17.4 Å². The van der Waals surface area contributed by atoms with Crippen molar-refractivity contribution in [1.82, 2.24) is 10.2 Å². The van der Waals surface area contributed by atoms with E-state index in [1.54, 1.807) is 0 Å². The van der Waals surface area contributed by atoms with E-state index in [4.69, 9.17) is 0 Å². The molecule has 0 atom stereocenters. The molecule has 0 amide bonds. The highest BCUT2D eigenvalue weighted by molar-refractivity contribution is 8.01. The van der Waals surface area contributed by atoms with E-state index in [1.807, 2.05) is 0 Å². The lowest BCUT2D eigenvalue weighted by Gasteiger charge is -1.98. The molecule has 8 heteroatoms. The monoisotopic (exact) mass is 280 g/mol. The SMILES string of the molecule is Fc1cccc(F)c1-c1nnc(SC(F)F)s1. The zero-order chi connectivity index (χ0) is 12.4. The molecule has 0 aliphatic heterocycles. The molecule has 0 aliphatic carbocycles.